The van der Waals surface area contributed by atoms with Gasteiger partial charge in [0, 0.05) is 29.5 Å². The van der Waals surface area contributed by atoms with E-state index in [9.17, 15) is 14.9 Å². The molecule has 178 valence electrons. The number of rotatable bonds is 6. The number of amides is 1. The molecule has 0 fully saturated rings. The lowest BCUT2D eigenvalue weighted by Crippen LogP contribution is -2.13. The van der Waals surface area contributed by atoms with Crippen LogP contribution in [0.5, 0.6) is 11.5 Å². The molecular formula is C27H21N5O4. The number of nitro benzene ring substituents is 1. The number of hydrogen-bond acceptors (Lipinski definition) is 6. The number of nitro groups is 1. The van der Waals surface area contributed by atoms with Crippen molar-refractivity contribution in [3.05, 3.63) is 112 Å². The number of aryl methyl sites for hydroxylation is 2. The lowest BCUT2D eigenvalue weighted by molar-refractivity contribution is -0.384. The second kappa shape index (κ2) is 9.30. The van der Waals surface area contributed by atoms with Crippen LogP contribution in [-0.2, 0) is 0 Å². The molecule has 9 nitrogen and oxygen atoms in total. The minimum Gasteiger partial charge on any atom is -0.457 e. The Balaban J connectivity index is 1.44. The number of carbonyl (C=O) groups is 1. The van der Waals surface area contributed by atoms with Gasteiger partial charge in [-0.2, -0.15) is 5.10 Å². The SMILES string of the molecule is Cc1cccc(Oc2cc(NC(=O)c3cc4nc(-c5ccccc5)cc(C)n4n3)cc([N+](=O)[O-])c2)c1. The van der Waals surface area contributed by atoms with E-state index >= 15 is 0 Å². The average molecular weight is 479 g/mol. The molecule has 0 aliphatic rings. The number of non-ortho nitro benzene ring substituents is 1. The first kappa shape index (κ1) is 22.7. The summed E-state index contributed by atoms with van der Waals surface area (Å²) in [4.78, 5) is 28.6. The van der Waals surface area contributed by atoms with Crippen LogP contribution < -0.4 is 10.1 Å². The van der Waals surface area contributed by atoms with Gasteiger partial charge in [0.2, 0.25) is 0 Å². The third-order valence-corrected chi connectivity index (χ3v) is 5.49. The number of hydrogen-bond donors (Lipinski definition) is 1. The fourth-order valence-corrected chi connectivity index (χ4v) is 3.82. The van der Waals surface area contributed by atoms with Crippen molar-refractivity contribution in [1.29, 1.82) is 0 Å². The maximum atomic E-state index is 13.0. The zero-order valence-electron chi connectivity index (χ0n) is 19.5. The van der Waals surface area contributed by atoms with Crippen molar-refractivity contribution in [3.63, 3.8) is 0 Å². The van der Waals surface area contributed by atoms with Crippen LogP contribution in [0.15, 0.2) is 84.9 Å². The molecule has 0 radical (unpaired) electrons. The van der Waals surface area contributed by atoms with E-state index in [0.717, 1.165) is 22.5 Å². The minimum absolute atomic E-state index is 0.128. The summed E-state index contributed by atoms with van der Waals surface area (Å²) in [7, 11) is 0. The van der Waals surface area contributed by atoms with Gasteiger partial charge in [0.25, 0.3) is 11.6 Å². The van der Waals surface area contributed by atoms with Gasteiger partial charge < -0.3 is 10.1 Å². The highest BCUT2D eigenvalue weighted by Gasteiger charge is 2.17. The normalized spacial score (nSPS) is 10.8. The maximum Gasteiger partial charge on any atom is 0.276 e. The minimum atomic E-state index is -0.540. The number of nitrogens with one attached hydrogen (secondary N) is 1. The number of aromatic nitrogens is 3. The topological polar surface area (TPSA) is 112 Å². The molecule has 0 bridgehead atoms. The Kier molecular flexibility index (Phi) is 5.87. The number of nitrogens with zero attached hydrogens (tertiary/aromatic N) is 4. The second-order valence-electron chi connectivity index (χ2n) is 8.29. The predicted molar refractivity (Wildman–Crippen MR) is 135 cm³/mol. The monoisotopic (exact) mass is 479 g/mol. The summed E-state index contributed by atoms with van der Waals surface area (Å²) in [5, 5.41) is 18.6. The van der Waals surface area contributed by atoms with E-state index in [2.05, 4.69) is 15.4 Å². The Morgan fingerprint density at radius 2 is 1.75 bits per heavy atom. The Morgan fingerprint density at radius 1 is 0.944 bits per heavy atom. The molecule has 0 saturated heterocycles. The fourth-order valence-electron chi connectivity index (χ4n) is 3.82. The summed E-state index contributed by atoms with van der Waals surface area (Å²) in [6.07, 6.45) is 0. The van der Waals surface area contributed by atoms with Crippen LogP contribution in [0.3, 0.4) is 0 Å². The summed E-state index contributed by atoms with van der Waals surface area (Å²) in [6.45, 7) is 3.80. The molecule has 36 heavy (non-hydrogen) atoms. The number of carbonyl (C=O) groups excluding carboxylic acids is 1. The second-order valence-corrected chi connectivity index (χ2v) is 8.29. The van der Waals surface area contributed by atoms with Gasteiger partial charge in [-0.05, 0) is 37.6 Å². The molecular weight excluding hydrogens is 458 g/mol. The molecule has 2 aromatic heterocycles. The number of anilines is 1. The summed E-state index contributed by atoms with van der Waals surface area (Å²) >= 11 is 0. The first-order chi connectivity index (χ1) is 17.4. The number of fused-ring (bicyclic) bond motifs is 1. The summed E-state index contributed by atoms with van der Waals surface area (Å²) < 4.78 is 7.40. The van der Waals surface area contributed by atoms with Crippen molar-refractivity contribution in [2.75, 3.05) is 5.32 Å². The van der Waals surface area contributed by atoms with E-state index in [0.29, 0.717) is 11.4 Å². The molecule has 0 atom stereocenters. The van der Waals surface area contributed by atoms with Gasteiger partial charge in [-0.3, -0.25) is 14.9 Å². The predicted octanol–water partition coefficient (Wildman–Crippen LogP) is 5.97. The van der Waals surface area contributed by atoms with Gasteiger partial charge >= 0.3 is 0 Å². The zero-order valence-corrected chi connectivity index (χ0v) is 19.5. The van der Waals surface area contributed by atoms with Crippen LogP contribution in [-0.4, -0.2) is 25.4 Å². The van der Waals surface area contributed by atoms with E-state index in [1.165, 1.54) is 18.2 Å². The average Bonchev–Trinajstić information content (AvgIpc) is 3.30. The van der Waals surface area contributed by atoms with Crippen molar-refractivity contribution in [2.45, 2.75) is 13.8 Å². The van der Waals surface area contributed by atoms with Crippen LogP contribution in [0.25, 0.3) is 16.9 Å². The molecule has 0 aliphatic carbocycles. The molecule has 2 heterocycles. The van der Waals surface area contributed by atoms with Crippen molar-refractivity contribution < 1.29 is 14.5 Å². The molecule has 5 rings (SSSR count). The van der Waals surface area contributed by atoms with Crippen LogP contribution in [0.2, 0.25) is 0 Å². The van der Waals surface area contributed by atoms with Crippen LogP contribution in [0.1, 0.15) is 21.7 Å². The molecule has 0 saturated carbocycles. The third kappa shape index (κ3) is 4.76. The Hall–Kier alpha value is -5.05. The van der Waals surface area contributed by atoms with Gasteiger partial charge in [-0.1, -0.05) is 42.5 Å². The highest BCUT2D eigenvalue weighted by Crippen LogP contribution is 2.30. The standard InChI is InChI=1S/C27H21N5O4/c1-17-7-6-10-22(11-17)36-23-14-20(13-21(15-23)32(34)35)28-27(33)25-16-26-29-24(12-18(2)31(26)30-25)19-8-4-3-5-9-19/h3-16H,1-2H3,(H,28,33). The van der Waals surface area contributed by atoms with Crippen LogP contribution in [0.4, 0.5) is 11.4 Å². The quantitative estimate of drug-likeness (QED) is 0.237. The first-order valence-electron chi connectivity index (χ1n) is 11.1. The molecule has 3 aromatic carbocycles. The smallest absolute Gasteiger partial charge is 0.276 e. The van der Waals surface area contributed by atoms with Crippen molar-refractivity contribution >= 4 is 22.9 Å². The van der Waals surface area contributed by atoms with Crippen molar-refractivity contribution in [2.24, 2.45) is 0 Å². The molecule has 1 amide bonds. The van der Waals surface area contributed by atoms with E-state index in [1.807, 2.05) is 68.4 Å². The van der Waals surface area contributed by atoms with Gasteiger partial charge in [-0.25, -0.2) is 9.50 Å². The highest BCUT2D eigenvalue weighted by molar-refractivity contribution is 6.03. The fraction of sp³-hybridized carbons (Fsp3) is 0.0741. The summed E-state index contributed by atoms with van der Waals surface area (Å²) in [5.74, 6) is 0.233. The van der Waals surface area contributed by atoms with E-state index in [1.54, 1.807) is 16.6 Å². The van der Waals surface area contributed by atoms with Crippen LogP contribution >= 0.6 is 0 Å². The van der Waals surface area contributed by atoms with Gasteiger partial charge in [-0.15, -0.1) is 0 Å². The Bertz CT molecular complexity index is 1610. The van der Waals surface area contributed by atoms with Crippen LogP contribution in [0, 0.1) is 24.0 Å². The molecule has 1 N–H and O–H groups in total. The lowest BCUT2D eigenvalue weighted by atomic mass is 10.1. The van der Waals surface area contributed by atoms with Crippen molar-refractivity contribution in [1.82, 2.24) is 14.6 Å². The molecule has 5 aromatic rings. The molecule has 0 aliphatic heterocycles. The highest BCUT2D eigenvalue weighted by atomic mass is 16.6. The molecule has 0 spiro atoms. The lowest BCUT2D eigenvalue weighted by Gasteiger charge is -2.09. The van der Waals surface area contributed by atoms with Gasteiger partial charge in [0.15, 0.2) is 11.3 Å². The third-order valence-electron chi connectivity index (χ3n) is 5.49. The van der Waals surface area contributed by atoms with E-state index in [-0.39, 0.29) is 22.8 Å². The zero-order chi connectivity index (χ0) is 25.2. The Labute approximate surface area is 206 Å². The van der Waals surface area contributed by atoms with Crippen molar-refractivity contribution in [3.8, 4) is 22.8 Å². The summed E-state index contributed by atoms with van der Waals surface area (Å²) in [6, 6.07) is 24.6. The summed E-state index contributed by atoms with van der Waals surface area (Å²) in [5.41, 5.74) is 4.15. The van der Waals surface area contributed by atoms with E-state index in [4.69, 9.17) is 4.74 Å². The van der Waals surface area contributed by atoms with Gasteiger partial charge in [0.05, 0.1) is 22.4 Å². The number of ether oxygens (including phenoxy) is 1. The molecule has 9 heteroatoms. The Morgan fingerprint density at radius 3 is 2.50 bits per heavy atom. The first-order valence-corrected chi connectivity index (χ1v) is 11.1. The largest absolute Gasteiger partial charge is 0.457 e. The molecule has 0 unspecified atom stereocenters. The van der Waals surface area contributed by atoms with Gasteiger partial charge in [0.1, 0.15) is 11.5 Å². The maximum absolute atomic E-state index is 13.0. The van der Waals surface area contributed by atoms with E-state index < -0.39 is 10.8 Å². The number of benzene rings is 3.